The van der Waals surface area contributed by atoms with Gasteiger partial charge < -0.3 is 25.4 Å². The van der Waals surface area contributed by atoms with Gasteiger partial charge in [0, 0.05) is 18.8 Å². The first kappa shape index (κ1) is 27.6. The molecule has 2 aromatic carbocycles. The minimum Gasteiger partial charge on any atom is -0.396 e. The molecule has 9 heteroatoms. The standard InChI is InChI=1S/C30H36ClN3O5/c1-19-11-10-14-21(31)24(19)33-27(37)25-30-16-15-29(2,39-30)22(26(36)32-20-12-6-5-7-13-20)23(30)28(38)34(25)17-8-3-4-9-18-35/h5-7,10-14,22-23,25,35H,3-4,8-9,15-18H2,1-2H3,(H,32,36)(H,33,37)/t22-,23+,25?,29+,30?/m1/s1. The van der Waals surface area contributed by atoms with Crippen molar-refractivity contribution in [1.82, 2.24) is 4.90 Å². The van der Waals surface area contributed by atoms with Crippen LogP contribution in [-0.4, -0.2) is 58.1 Å². The molecule has 208 valence electrons. The lowest BCUT2D eigenvalue weighted by Crippen LogP contribution is -2.53. The average molecular weight is 554 g/mol. The second kappa shape index (κ2) is 10.9. The first-order valence-electron chi connectivity index (χ1n) is 13.8. The molecular formula is C30H36ClN3O5. The zero-order valence-electron chi connectivity index (χ0n) is 22.4. The Morgan fingerprint density at radius 3 is 2.49 bits per heavy atom. The van der Waals surface area contributed by atoms with E-state index in [1.807, 2.05) is 44.2 Å². The maximum absolute atomic E-state index is 14.1. The monoisotopic (exact) mass is 553 g/mol. The molecule has 5 rings (SSSR count). The molecule has 3 aliphatic heterocycles. The fraction of sp³-hybridized carbons (Fsp3) is 0.500. The third-order valence-electron chi connectivity index (χ3n) is 8.63. The van der Waals surface area contributed by atoms with Gasteiger partial charge in [-0.2, -0.15) is 0 Å². The molecule has 39 heavy (non-hydrogen) atoms. The molecule has 3 N–H and O–H groups in total. The van der Waals surface area contributed by atoms with Crippen LogP contribution < -0.4 is 10.6 Å². The van der Waals surface area contributed by atoms with Crippen molar-refractivity contribution in [2.75, 3.05) is 23.8 Å². The third-order valence-corrected chi connectivity index (χ3v) is 8.94. The molecule has 1 spiro atoms. The number of benzene rings is 2. The summed E-state index contributed by atoms with van der Waals surface area (Å²) in [5, 5.41) is 15.5. The Morgan fingerprint density at radius 1 is 1.03 bits per heavy atom. The van der Waals surface area contributed by atoms with Gasteiger partial charge in [-0.3, -0.25) is 14.4 Å². The number of para-hydroxylation sites is 2. The van der Waals surface area contributed by atoms with Gasteiger partial charge in [0.25, 0.3) is 0 Å². The number of fused-ring (bicyclic) bond motifs is 1. The number of rotatable bonds is 10. The molecule has 3 saturated heterocycles. The van der Waals surface area contributed by atoms with Crippen LogP contribution in [0.15, 0.2) is 48.5 Å². The maximum Gasteiger partial charge on any atom is 0.250 e. The van der Waals surface area contributed by atoms with E-state index in [4.69, 9.17) is 21.4 Å². The molecule has 0 aliphatic carbocycles. The molecule has 0 saturated carbocycles. The number of aryl methyl sites for hydroxylation is 1. The van der Waals surface area contributed by atoms with Crippen molar-refractivity contribution < 1.29 is 24.2 Å². The molecule has 3 amide bonds. The first-order valence-corrected chi connectivity index (χ1v) is 14.1. The third kappa shape index (κ3) is 4.83. The number of hydrogen-bond donors (Lipinski definition) is 3. The van der Waals surface area contributed by atoms with E-state index in [2.05, 4.69) is 10.6 Å². The fourth-order valence-electron chi connectivity index (χ4n) is 6.84. The number of ether oxygens (including phenoxy) is 1. The molecule has 2 unspecified atom stereocenters. The average Bonchev–Trinajstić information content (AvgIpc) is 3.47. The Balaban J connectivity index is 1.47. The molecule has 0 radical (unpaired) electrons. The van der Waals surface area contributed by atoms with Crippen LogP contribution in [0.3, 0.4) is 0 Å². The van der Waals surface area contributed by atoms with Crippen molar-refractivity contribution in [1.29, 1.82) is 0 Å². The summed E-state index contributed by atoms with van der Waals surface area (Å²) < 4.78 is 6.67. The van der Waals surface area contributed by atoms with Gasteiger partial charge >= 0.3 is 0 Å². The largest absolute Gasteiger partial charge is 0.396 e. The quantitative estimate of drug-likeness (QED) is 0.374. The van der Waals surface area contributed by atoms with Crippen LogP contribution in [0.5, 0.6) is 0 Å². The lowest BCUT2D eigenvalue weighted by molar-refractivity contribution is -0.143. The number of carbonyl (C=O) groups is 3. The van der Waals surface area contributed by atoms with Gasteiger partial charge in [0.05, 0.1) is 28.1 Å². The number of nitrogens with one attached hydrogen (secondary N) is 2. The SMILES string of the molecule is Cc1cccc(Cl)c1NC(=O)C1N(CCCCCCO)C(=O)[C@@H]2[C@H](C(=O)Nc3ccccc3)[C@]3(C)CCC12O3. The number of unbranched alkanes of at least 4 members (excludes halogenated alkanes) is 3. The van der Waals surface area contributed by atoms with Crippen LogP contribution >= 0.6 is 11.6 Å². The number of halogens is 1. The maximum atomic E-state index is 14.1. The predicted octanol–water partition coefficient (Wildman–Crippen LogP) is 4.54. The summed E-state index contributed by atoms with van der Waals surface area (Å²) in [5.74, 6) is -2.33. The smallest absolute Gasteiger partial charge is 0.250 e. The number of anilines is 2. The summed E-state index contributed by atoms with van der Waals surface area (Å²) in [6.07, 6.45) is 4.11. The van der Waals surface area contributed by atoms with E-state index in [0.29, 0.717) is 48.6 Å². The Kier molecular flexibility index (Phi) is 7.73. The normalized spacial score (nSPS) is 29.0. The van der Waals surface area contributed by atoms with Crippen molar-refractivity contribution in [2.45, 2.75) is 69.6 Å². The van der Waals surface area contributed by atoms with Crippen LogP contribution in [0.25, 0.3) is 0 Å². The van der Waals surface area contributed by atoms with Gasteiger partial charge in [0.1, 0.15) is 11.6 Å². The second-order valence-electron chi connectivity index (χ2n) is 11.2. The molecule has 3 fully saturated rings. The summed E-state index contributed by atoms with van der Waals surface area (Å²) in [4.78, 5) is 43.5. The van der Waals surface area contributed by atoms with Crippen molar-refractivity contribution in [3.63, 3.8) is 0 Å². The van der Waals surface area contributed by atoms with Crippen LogP contribution in [-0.2, 0) is 19.1 Å². The highest BCUT2D eigenvalue weighted by atomic mass is 35.5. The predicted molar refractivity (Wildman–Crippen MR) is 149 cm³/mol. The molecular weight excluding hydrogens is 518 g/mol. The minimum atomic E-state index is -1.10. The number of nitrogens with zero attached hydrogens (tertiary/aromatic N) is 1. The van der Waals surface area contributed by atoms with Gasteiger partial charge in [0.2, 0.25) is 17.7 Å². The van der Waals surface area contributed by atoms with Crippen molar-refractivity contribution in [2.24, 2.45) is 11.8 Å². The fourth-order valence-corrected chi connectivity index (χ4v) is 7.11. The minimum absolute atomic E-state index is 0.126. The molecule has 3 aliphatic rings. The highest BCUT2D eigenvalue weighted by Crippen LogP contribution is 2.63. The van der Waals surface area contributed by atoms with Crippen molar-refractivity contribution in [3.8, 4) is 0 Å². The van der Waals surface area contributed by atoms with Gasteiger partial charge in [0.15, 0.2) is 0 Å². The molecule has 5 atom stereocenters. The summed E-state index contributed by atoms with van der Waals surface area (Å²) in [5.41, 5.74) is 0.0164. The number of aliphatic hydroxyl groups is 1. The number of carbonyl (C=O) groups excluding carboxylic acids is 3. The van der Waals surface area contributed by atoms with E-state index >= 15 is 0 Å². The zero-order chi connectivity index (χ0) is 27.8. The molecule has 2 bridgehead atoms. The van der Waals surface area contributed by atoms with Crippen LogP contribution in [0.2, 0.25) is 5.02 Å². The number of aliphatic hydroxyl groups excluding tert-OH is 1. The van der Waals surface area contributed by atoms with E-state index in [1.54, 1.807) is 23.1 Å². The van der Waals surface area contributed by atoms with E-state index < -0.39 is 29.1 Å². The Bertz CT molecular complexity index is 1240. The van der Waals surface area contributed by atoms with Crippen molar-refractivity contribution in [3.05, 3.63) is 59.1 Å². The van der Waals surface area contributed by atoms with Gasteiger partial charge in [-0.1, -0.05) is 54.8 Å². The molecule has 8 nitrogen and oxygen atoms in total. The molecule has 2 aromatic rings. The van der Waals surface area contributed by atoms with Crippen LogP contribution in [0.1, 0.15) is 51.0 Å². The Labute approximate surface area is 234 Å². The summed E-state index contributed by atoms with van der Waals surface area (Å²) >= 11 is 6.43. The number of amides is 3. The van der Waals surface area contributed by atoms with Gasteiger partial charge in [-0.25, -0.2) is 0 Å². The second-order valence-corrected chi connectivity index (χ2v) is 11.6. The first-order chi connectivity index (χ1) is 18.7. The molecule has 0 aromatic heterocycles. The lowest BCUT2D eigenvalue weighted by Gasteiger charge is -2.33. The van der Waals surface area contributed by atoms with E-state index in [0.717, 1.165) is 18.4 Å². The Morgan fingerprint density at radius 2 is 1.77 bits per heavy atom. The van der Waals surface area contributed by atoms with E-state index in [1.165, 1.54) is 0 Å². The van der Waals surface area contributed by atoms with Gasteiger partial charge in [-0.15, -0.1) is 0 Å². The van der Waals surface area contributed by atoms with Crippen LogP contribution in [0.4, 0.5) is 11.4 Å². The van der Waals surface area contributed by atoms with E-state index in [9.17, 15) is 14.4 Å². The van der Waals surface area contributed by atoms with E-state index in [-0.39, 0.29) is 24.3 Å². The summed E-state index contributed by atoms with van der Waals surface area (Å²) in [6, 6.07) is 13.7. The summed E-state index contributed by atoms with van der Waals surface area (Å²) in [6.45, 7) is 4.24. The Hall–Kier alpha value is -2.94. The molecule has 3 heterocycles. The topological polar surface area (TPSA) is 108 Å². The lowest BCUT2D eigenvalue weighted by atomic mass is 9.66. The zero-order valence-corrected chi connectivity index (χ0v) is 23.2. The highest BCUT2D eigenvalue weighted by Gasteiger charge is 2.77. The highest BCUT2D eigenvalue weighted by molar-refractivity contribution is 6.34. The van der Waals surface area contributed by atoms with Gasteiger partial charge in [-0.05, 0) is 63.3 Å². The number of hydrogen-bond acceptors (Lipinski definition) is 5. The van der Waals surface area contributed by atoms with Crippen LogP contribution in [0, 0.1) is 18.8 Å². The summed E-state index contributed by atoms with van der Waals surface area (Å²) in [7, 11) is 0. The van der Waals surface area contributed by atoms with Crippen molar-refractivity contribution >= 4 is 40.7 Å². The number of likely N-dealkylation sites (tertiary alicyclic amines) is 1.